The van der Waals surface area contributed by atoms with E-state index in [9.17, 15) is 14.0 Å². The number of benzene rings is 3. The lowest BCUT2D eigenvalue weighted by atomic mass is 9.89. The molecule has 1 aromatic heterocycles. The molecule has 7 heteroatoms. The molecule has 1 saturated heterocycles. The first-order valence-electron chi connectivity index (χ1n) is 13.2. The fraction of sp³-hybridized carbons (Fsp3) is 0.219. The molecule has 39 heavy (non-hydrogen) atoms. The number of anilines is 2. The second-order valence-corrected chi connectivity index (χ2v) is 9.86. The lowest BCUT2D eigenvalue weighted by Crippen LogP contribution is -2.36. The van der Waals surface area contributed by atoms with Crippen molar-refractivity contribution in [2.75, 3.05) is 23.3 Å². The third kappa shape index (κ3) is 6.87. The highest BCUT2D eigenvalue weighted by atomic mass is 19.1. The maximum atomic E-state index is 13.6. The Morgan fingerprint density at radius 1 is 0.872 bits per heavy atom. The number of piperidine rings is 1. The van der Waals surface area contributed by atoms with Crippen LogP contribution in [0.4, 0.5) is 15.8 Å². The summed E-state index contributed by atoms with van der Waals surface area (Å²) in [6, 6.07) is 25.2. The number of amides is 2. The van der Waals surface area contributed by atoms with Gasteiger partial charge in [-0.1, -0.05) is 42.5 Å². The molecule has 6 nitrogen and oxygen atoms in total. The predicted molar refractivity (Wildman–Crippen MR) is 151 cm³/mol. The van der Waals surface area contributed by atoms with Crippen molar-refractivity contribution in [1.82, 2.24) is 10.3 Å². The normalized spacial score (nSPS) is 13.6. The van der Waals surface area contributed by atoms with E-state index in [-0.39, 0.29) is 11.5 Å². The van der Waals surface area contributed by atoms with E-state index in [2.05, 4.69) is 44.8 Å². The highest BCUT2D eigenvalue weighted by molar-refractivity contribution is 6.06. The monoisotopic (exact) mass is 522 g/mol. The first kappa shape index (κ1) is 26.1. The van der Waals surface area contributed by atoms with Crippen LogP contribution in [0.1, 0.15) is 44.7 Å². The van der Waals surface area contributed by atoms with Gasteiger partial charge in [0.25, 0.3) is 11.8 Å². The minimum Gasteiger partial charge on any atom is -0.371 e. The van der Waals surface area contributed by atoms with Crippen molar-refractivity contribution in [3.05, 3.63) is 125 Å². The fourth-order valence-electron chi connectivity index (χ4n) is 5.01. The van der Waals surface area contributed by atoms with Gasteiger partial charge >= 0.3 is 0 Å². The van der Waals surface area contributed by atoms with Crippen molar-refractivity contribution in [3.63, 3.8) is 0 Å². The van der Waals surface area contributed by atoms with E-state index >= 15 is 0 Å². The molecule has 2 N–H and O–H groups in total. The summed E-state index contributed by atoms with van der Waals surface area (Å²) in [5, 5.41) is 5.79. The molecule has 1 aliphatic rings. The summed E-state index contributed by atoms with van der Waals surface area (Å²) >= 11 is 0. The van der Waals surface area contributed by atoms with Crippen LogP contribution in [0.25, 0.3) is 0 Å². The van der Waals surface area contributed by atoms with Gasteiger partial charge in [-0.05, 0) is 78.8 Å². The fourth-order valence-corrected chi connectivity index (χ4v) is 5.01. The Bertz CT molecular complexity index is 1420. The van der Waals surface area contributed by atoms with E-state index in [0.717, 1.165) is 43.6 Å². The first-order chi connectivity index (χ1) is 19.0. The summed E-state index contributed by atoms with van der Waals surface area (Å²) in [4.78, 5) is 32.5. The quantitative estimate of drug-likeness (QED) is 0.304. The number of hydrogen-bond acceptors (Lipinski definition) is 4. The van der Waals surface area contributed by atoms with Gasteiger partial charge in [-0.15, -0.1) is 0 Å². The molecule has 0 unspecified atom stereocenters. The summed E-state index contributed by atoms with van der Waals surface area (Å²) in [6.07, 6.45) is 6.52. The molecule has 3 aromatic carbocycles. The SMILES string of the molecule is O=C(Nc1ccc(N2CCC(Cc3ccccc3)CC2)c(C(=O)NCc2cccnc2)c1)c1cccc(F)c1. The molecule has 2 amide bonds. The second-order valence-electron chi connectivity index (χ2n) is 9.86. The van der Waals surface area contributed by atoms with E-state index in [0.29, 0.717) is 23.7 Å². The minimum absolute atomic E-state index is 0.210. The van der Waals surface area contributed by atoms with Crippen molar-refractivity contribution in [2.45, 2.75) is 25.8 Å². The van der Waals surface area contributed by atoms with Gasteiger partial charge in [-0.25, -0.2) is 4.39 Å². The molecule has 0 radical (unpaired) electrons. The van der Waals surface area contributed by atoms with E-state index in [1.165, 1.54) is 23.8 Å². The van der Waals surface area contributed by atoms with Gasteiger partial charge in [0.05, 0.1) is 5.56 Å². The maximum absolute atomic E-state index is 13.6. The van der Waals surface area contributed by atoms with Crippen molar-refractivity contribution in [3.8, 4) is 0 Å². The zero-order valence-corrected chi connectivity index (χ0v) is 21.6. The van der Waals surface area contributed by atoms with E-state index in [4.69, 9.17) is 0 Å². The molecule has 0 bridgehead atoms. The van der Waals surface area contributed by atoms with Crippen LogP contribution in [0.15, 0.2) is 97.3 Å². The largest absolute Gasteiger partial charge is 0.371 e. The number of carbonyl (C=O) groups excluding carboxylic acids is 2. The summed E-state index contributed by atoms with van der Waals surface area (Å²) in [5.41, 5.74) is 4.24. The summed E-state index contributed by atoms with van der Waals surface area (Å²) in [6.45, 7) is 2.02. The Morgan fingerprint density at radius 2 is 1.67 bits per heavy atom. The van der Waals surface area contributed by atoms with Gasteiger partial charge in [-0.2, -0.15) is 0 Å². The maximum Gasteiger partial charge on any atom is 0.255 e. The number of aromatic nitrogens is 1. The number of rotatable bonds is 8. The first-order valence-corrected chi connectivity index (χ1v) is 13.2. The zero-order valence-electron chi connectivity index (χ0n) is 21.6. The van der Waals surface area contributed by atoms with Gasteiger partial charge in [0, 0.05) is 49.0 Å². The van der Waals surface area contributed by atoms with E-state index < -0.39 is 11.7 Å². The molecule has 0 aliphatic carbocycles. The Morgan fingerprint density at radius 3 is 2.41 bits per heavy atom. The Balaban J connectivity index is 1.33. The molecule has 5 rings (SSSR count). The lowest BCUT2D eigenvalue weighted by molar-refractivity contribution is 0.0950. The molecule has 0 saturated carbocycles. The molecule has 1 fully saturated rings. The number of nitrogens with one attached hydrogen (secondary N) is 2. The van der Waals surface area contributed by atoms with Gasteiger partial charge in [0.2, 0.25) is 0 Å². The van der Waals surface area contributed by atoms with Crippen LogP contribution in [-0.4, -0.2) is 29.9 Å². The van der Waals surface area contributed by atoms with Gasteiger partial charge in [0.15, 0.2) is 0 Å². The number of nitrogens with zero attached hydrogens (tertiary/aromatic N) is 2. The second kappa shape index (κ2) is 12.3. The van der Waals surface area contributed by atoms with Crippen LogP contribution in [0.3, 0.4) is 0 Å². The third-order valence-corrected chi connectivity index (χ3v) is 7.08. The van der Waals surface area contributed by atoms with Crippen LogP contribution < -0.4 is 15.5 Å². The summed E-state index contributed by atoms with van der Waals surface area (Å²) in [7, 11) is 0. The number of hydrogen-bond donors (Lipinski definition) is 2. The Labute approximate surface area is 227 Å². The molecule has 4 aromatic rings. The molecule has 0 atom stereocenters. The summed E-state index contributed by atoms with van der Waals surface area (Å²) in [5.74, 6) is -0.562. The van der Waals surface area contributed by atoms with Gasteiger partial charge in [0.1, 0.15) is 5.82 Å². The average Bonchev–Trinajstić information content (AvgIpc) is 2.97. The lowest BCUT2D eigenvalue weighted by Gasteiger charge is -2.35. The molecule has 198 valence electrons. The van der Waals surface area contributed by atoms with Crippen LogP contribution in [-0.2, 0) is 13.0 Å². The van der Waals surface area contributed by atoms with Gasteiger partial charge in [-0.3, -0.25) is 14.6 Å². The Hall–Kier alpha value is -4.52. The van der Waals surface area contributed by atoms with E-state index in [1.807, 2.05) is 24.3 Å². The average molecular weight is 523 g/mol. The molecular weight excluding hydrogens is 491 g/mol. The minimum atomic E-state index is -0.482. The topological polar surface area (TPSA) is 74.3 Å². The van der Waals surface area contributed by atoms with Crippen LogP contribution in [0, 0.1) is 11.7 Å². The number of carbonyl (C=O) groups is 2. The van der Waals surface area contributed by atoms with Crippen molar-refractivity contribution >= 4 is 23.2 Å². The molecule has 2 heterocycles. The Kier molecular flexibility index (Phi) is 8.26. The van der Waals surface area contributed by atoms with Crippen molar-refractivity contribution in [1.29, 1.82) is 0 Å². The third-order valence-electron chi connectivity index (χ3n) is 7.08. The van der Waals surface area contributed by atoms with Crippen LogP contribution >= 0.6 is 0 Å². The predicted octanol–water partition coefficient (Wildman–Crippen LogP) is 5.86. The van der Waals surface area contributed by atoms with Crippen LogP contribution in [0.5, 0.6) is 0 Å². The van der Waals surface area contributed by atoms with Crippen LogP contribution in [0.2, 0.25) is 0 Å². The molecule has 0 spiro atoms. The van der Waals surface area contributed by atoms with Crippen molar-refractivity contribution < 1.29 is 14.0 Å². The van der Waals surface area contributed by atoms with Gasteiger partial charge < -0.3 is 15.5 Å². The van der Waals surface area contributed by atoms with E-state index in [1.54, 1.807) is 30.6 Å². The smallest absolute Gasteiger partial charge is 0.255 e. The summed E-state index contributed by atoms with van der Waals surface area (Å²) < 4.78 is 13.6. The molecular formula is C32H31FN4O2. The molecule has 1 aliphatic heterocycles. The standard InChI is InChI=1S/C32H31FN4O2/c33-27-10-4-9-26(19-27)31(38)36-28-11-12-30(29(20-28)32(39)35-22-25-8-5-15-34-21-25)37-16-13-24(14-17-37)18-23-6-2-1-3-7-23/h1-12,15,19-21,24H,13-14,16-18,22H2,(H,35,39)(H,36,38). The number of pyridine rings is 1. The highest BCUT2D eigenvalue weighted by Gasteiger charge is 2.24. The van der Waals surface area contributed by atoms with Crippen molar-refractivity contribution in [2.24, 2.45) is 5.92 Å². The highest BCUT2D eigenvalue weighted by Crippen LogP contribution is 2.30. The number of halogens is 1. The zero-order chi connectivity index (χ0) is 27.0.